The van der Waals surface area contributed by atoms with Gasteiger partial charge in [0.2, 0.25) is 5.91 Å². The number of carboxylic acid groups (broad SMARTS) is 1. The second-order valence-corrected chi connectivity index (χ2v) is 6.60. The third kappa shape index (κ3) is 3.94. The molecule has 1 aromatic carbocycles. The van der Waals surface area contributed by atoms with Crippen LogP contribution in [0.25, 0.3) is 0 Å². The number of hydrogen-bond donors (Lipinski definition) is 2. The van der Waals surface area contributed by atoms with Crippen molar-refractivity contribution in [3.8, 4) is 5.75 Å². The van der Waals surface area contributed by atoms with Crippen LogP contribution in [0.4, 0.5) is 0 Å². The summed E-state index contributed by atoms with van der Waals surface area (Å²) in [5.41, 5.74) is 3.98. The van der Waals surface area contributed by atoms with Gasteiger partial charge >= 0.3 is 5.97 Å². The largest absolute Gasteiger partial charge is 0.496 e. The van der Waals surface area contributed by atoms with Crippen LogP contribution in [0.1, 0.15) is 28.7 Å². The van der Waals surface area contributed by atoms with E-state index in [2.05, 4.69) is 15.5 Å². The molecule has 1 heterocycles. The quantitative estimate of drug-likeness (QED) is 0.626. The highest BCUT2D eigenvalue weighted by atomic mass is 32.2. The van der Waals surface area contributed by atoms with E-state index in [1.54, 1.807) is 13.3 Å². The minimum absolute atomic E-state index is 0.241. The molecule has 1 aliphatic heterocycles. The highest BCUT2D eigenvalue weighted by Gasteiger charge is 2.32. The third-order valence-corrected chi connectivity index (χ3v) is 4.82. The van der Waals surface area contributed by atoms with Crippen LogP contribution >= 0.6 is 11.8 Å². The summed E-state index contributed by atoms with van der Waals surface area (Å²) < 4.78 is 5.38. The van der Waals surface area contributed by atoms with Gasteiger partial charge < -0.3 is 15.2 Å². The monoisotopic (exact) mass is 349 g/mol. The Balaban J connectivity index is 2.15. The zero-order chi connectivity index (χ0) is 17.9. The Bertz CT molecular complexity index is 743. The number of amides is 1. The molecule has 1 amide bonds. The van der Waals surface area contributed by atoms with E-state index >= 15 is 0 Å². The molecule has 2 rings (SSSR count). The number of nitrogens with one attached hydrogen (secondary N) is 1. The van der Waals surface area contributed by atoms with Crippen LogP contribution in [0, 0.1) is 20.8 Å². The van der Waals surface area contributed by atoms with Crippen LogP contribution in [0.15, 0.2) is 16.3 Å². The number of aliphatic carboxylic acids is 1. The lowest BCUT2D eigenvalue weighted by Crippen LogP contribution is -2.26. The lowest BCUT2D eigenvalue weighted by molar-refractivity contribution is -0.138. The highest BCUT2D eigenvalue weighted by Crippen LogP contribution is 2.28. The van der Waals surface area contributed by atoms with Gasteiger partial charge in [-0.15, -0.1) is 5.10 Å². The topological polar surface area (TPSA) is 100 Å². The molecule has 0 radical (unpaired) electrons. The molecular formula is C16H19N3O4S. The van der Waals surface area contributed by atoms with Crippen molar-refractivity contribution in [2.75, 3.05) is 7.11 Å². The molecule has 7 nitrogen and oxygen atoms in total. The summed E-state index contributed by atoms with van der Waals surface area (Å²) in [7, 11) is 1.64. The van der Waals surface area contributed by atoms with E-state index in [0.29, 0.717) is 5.17 Å². The van der Waals surface area contributed by atoms with Gasteiger partial charge in [0.25, 0.3) is 0 Å². The number of thioether (sulfide) groups is 1. The minimum atomic E-state index is -1.02. The van der Waals surface area contributed by atoms with Crippen molar-refractivity contribution >= 4 is 35.0 Å². The first-order chi connectivity index (χ1) is 11.3. The number of methoxy groups -OCH3 is 1. The second-order valence-electron chi connectivity index (χ2n) is 5.41. The predicted octanol–water partition coefficient (Wildman–Crippen LogP) is 2.02. The molecule has 1 unspecified atom stereocenters. The Morgan fingerprint density at radius 2 is 2.12 bits per heavy atom. The van der Waals surface area contributed by atoms with Gasteiger partial charge in [-0.2, -0.15) is 5.10 Å². The maximum atomic E-state index is 11.6. The molecule has 0 spiro atoms. The summed E-state index contributed by atoms with van der Waals surface area (Å²) >= 11 is 1.07. The van der Waals surface area contributed by atoms with E-state index in [-0.39, 0.29) is 12.3 Å². The number of nitrogens with zero attached hydrogens (tertiary/aromatic N) is 2. The molecule has 8 heteroatoms. The molecule has 1 aliphatic rings. The van der Waals surface area contributed by atoms with Crippen LogP contribution < -0.4 is 10.1 Å². The fourth-order valence-corrected chi connectivity index (χ4v) is 3.34. The Kier molecular flexibility index (Phi) is 5.61. The number of aryl methyl sites for hydroxylation is 1. The first-order valence-corrected chi connectivity index (χ1v) is 8.16. The Morgan fingerprint density at radius 3 is 2.75 bits per heavy atom. The molecule has 1 atom stereocenters. The molecule has 128 valence electrons. The number of carbonyl (C=O) groups excluding carboxylic acids is 1. The summed E-state index contributed by atoms with van der Waals surface area (Å²) in [6, 6.07) is 1.96. The van der Waals surface area contributed by atoms with Crippen LogP contribution in [-0.4, -0.2) is 40.7 Å². The molecule has 0 aromatic heterocycles. The molecule has 0 saturated carbocycles. The number of carboxylic acids is 1. The molecule has 24 heavy (non-hydrogen) atoms. The van der Waals surface area contributed by atoms with Crippen molar-refractivity contribution < 1.29 is 19.4 Å². The van der Waals surface area contributed by atoms with Gasteiger partial charge in [0, 0.05) is 0 Å². The van der Waals surface area contributed by atoms with Crippen molar-refractivity contribution in [2.24, 2.45) is 10.2 Å². The first-order valence-electron chi connectivity index (χ1n) is 7.28. The van der Waals surface area contributed by atoms with Crippen LogP contribution in [0.5, 0.6) is 5.75 Å². The number of ether oxygens (including phenoxy) is 1. The summed E-state index contributed by atoms with van der Waals surface area (Å²) in [5, 5.41) is 18.9. The second kappa shape index (κ2) is 7.48. The molecule has 2 N–H and O–H groups in total. The van der Waals surface area contributed by atoms with Gasteiger partial charge in [0.05, 0.1) is 19.7 Å². The lowest BCUT2D eigenvalue weighted by Gasteiger charge is -2.13. The number of hydrogen-bond acceptors (Lipinski definition) is 6. The Hall–Kier alpha value is -2.35. The van der Waals surface area contributed by atoms with Crippen LogP contribution in [0.3, 0.4) is 0 Å². The normalized spacial score (nSPS) is 19.1. The molecule has 0 bridgehead atoms. The van der Waals surface area contributed by atoms with E-state index in [1.807, 2.05) is 26.8 Å². The number of rotatable bonds is 5. The first kappa shape index (κ1) is 18.0. The fourth-order valence-electron chi connectivity index (χ4n) is 2.43. The maximum Gasteiger partial charge on any atom is 0.305 e. The van der Waals surface area contributed by atoms with Crippen LogP contribution in [-0.2, 0) is 9.59 Å². The van der Waals surface area contributed by atoms with E-state index < -0.39 is 11.2 Å². The van der Waals surface area contributed by atoms with Gasteiger partial charge in [0.1, 0.15) is 11.0 Å². The smallest absolute Gasteiger partial charge is 0.305 e. The fraction of sp³-hybridized carbons (Fsp3) is 0.375. The van der Waals surface area contributed by atoms with Gasteiger partial charge in [-0.1, -0.05) is 11.8 Å². The van der Waals surface area contributed by atoms with Crippen LogP contribution in [0.2, 0.25) is 0 Å². The Labute approximate surface area is 144 Å². The number of amidine groups is 1. The molecule has 0 aliphatic carbocycles. The zero-order valence-electron chi connectivity index (χ0n) is 13.9. The Morgan fingerprint density at radius 1 is 1.42 bits per heavy atom. The molecule has 1 fully saturated rings. The lowest BCUT2D eigenvalue weighted by atomic mass is 9.99. The van der Waals surface area contributed by atoms with Gasteiger partial charge in [-0.25, -0.2) is 0 Å². The average molecular weight is 349 g/mol. The third-order valence-electron chi connectivity index (χ3n) is 3.75. The van der Waals surface area contributed by atoms with Gasteiger partial charge in [-0.3, -0.25) is 9.59 Å². The molecular weight excluding hydrogens is 330 g/mol. The van der Waals surface area contributed by atoms with Crippen molar-refractivity contribution in [3.63, 3.8) is 0 Å². The van der Waals surface area contributed by atoms with Crippen molar-refractivity contribution in [2.45, 2.75) is 32.4 Å². The predicted molar refractivity (Wildman–Crippen MR) is 94.0 cm³/mol. The number of carbonyl (C=O) groups is 2. The molecule has 1 saturated heterocycles. The van der Waals surface area contributed by atoms with Crippen molar-refractivity contribution in [1.29, 1.82) is 0 Å². The van der Waals surface area contributed by atoms with E-state index in [4.69, 9.17) is 9.84 Å². The van der Waals surface area contributed by atoms with Gasteiger partial charge in [0.15, 0.2) is 5.17 Å². The zero-order valence-corrected chi connectivity index (χ0v) is 14.7. The summed E-state index contributed by atoms with van der Waals surface area (Å²) in [6.07, 6.45) is 1.37. The van der Waals surface area contributed by atoms with Gasteiger partial charge in [-0.05, 0) is 49.1 Å². The summed E-state index contributed by atoms with van der Waals surface area (Å²) in [5.74, 6) is -0.526. The van der Waals surface area contributed by atoms with E-state index in [9.17, 15) is 9.59 Å². The molecule has 1 aromatic rings. The highest BCUT2D eigenvalue weighted by molar-refractivity contribution is 8.15. The van der Waals surface area contributed by atoms with Crippen molar-refractivity contribution in [3.05, 3.63) is 28.3 Å². The summed E-state index contributed by atoms with van der Waals surface area (Å²) in [4.78, 5) is 22.3. The average Bonchev–Trinajstić information content (AvgIpc) is 2.84. The van der Waals surface area contributed by atoms with Crippen molar-refractivity contribution in [1.82, 2.24) is 5.32 Å². The van der Waals surface area contributed by atoms with E-state index in [0.717, 1.165) is 39.8 Å². The number of benzene rings is 1. The summed E-state index contributed by atoms with van der Waals surface area (Å²) in [6.45, 7) is 5.91. The van der Waals surface area contributed by atoms with E-state index in [1.165, 1.54) is 0 Å². The maximum absolute atomic E-state index is 11.6. The minimum Gasteiger partial charge on any atom is -0.496 e. The SMILES string of the molecule is COc1c(C)cc(C=NN=C2NC(=O)C(CC(=O)O)S2)c(C)c1C. The standard InChI is InChI=1S/C16H19N3O4S/c1-8-5-11(9(2)10(3)14(8)23-4)7-17-19-16-18-15(22)12(24-16)6-13(20)21/h5,7,12H,6H2,1-4H3,(H,20,21)(H,18,19,22).